The second-order valence-electron chi connectivity index (χ2n) is 5.72. The molecule has 5 heteroatoms. The van der Waals surface area contributed by atoms with Crippen molar-refractivity contribution < 1.29 is 9.84 Å². The van der Waals surface area contributed by atoms with E-state index in [0.717, 1.165) is 49.0 Å². The monoisotopic (exact) mass is 332 g/mol. The van der Waals surface area contributed by atoms with Gasteiger partial charge < -0.3 is 14.7 Å². The van der Waals surface area contributed by atoms with Crippen LogP contribution >= 0.6 is 11.6 Å². The largest absolute Gasteiger partial charge is 0.504 e. The van der Waals surface area contributed by atoms with E-state index in [0.29, 0.717) is 5.75 Å². The molecule has 0 atom stereocenters. The molecule has 0 radical (unpaired) electrons. The summed E-state index contributed by atoms with van der Waals surface area (Å²) in [7, 11) is 1.56. The van der Waals surface area contributed by atoms with Gasteiger partial charge in [0.1, 0.15) is 0 Å². The molecule has 0 aliphatic carbocycles. The highest BCUT2D eigenvalue weighted by Crippen LogP contribution is 2.28. The SMILES string of the molecule is COc1ccc(CN2CCN(c3ccccc3Cl)CC2)cc1O. The van der Waals surface area contributed by atoms with Crippen molar-refractivity contribution in [1.82, 2.24) is 4.90 Å². The Labute approximate surface area is 141 Å². The minimum absolute atomic E-state index is 0.194. The molecule has 1 aliphatic heterocycles. The summed E-state index contributed by atoms with van der Waals surface area (Å²) in [4.78, 5) is 4.71. The minimum Gasteiger partial charge on any atom is -0.504 e. The fourth-order valence-corrected chi connectivity index (χ4v) is 3.20. The van der Waals surface area contributed by atoms with Crippen LogP contribution < -0.4 is 9.64 Å². The molecule has 2 aromatic carbocycles. The summed E-state index contributed by atoms with van der Waals surface area (Å²) in [5.41, 5.74) is 2.20. The Bertz CT molecular complexity index is 670. The number of phenols is 1. The smallest absolute Gasteiger partial charge is 0.160 e. The highest BCUT2D eigenvalue weighted by Gasteiger charge is 2.19. The zero-order valence-electron chi connectivity index (χ0n) is 13.2. The van der Waals surface area contributed by atoms with E-state index in [9.17, 15) is 5.11 Å². The highest BCUT2D eigenvalue weighted by molar-refractivity contribution is 6.33. The average molecular weight is 333 g/mol. The van der Waals surface area contributed by atoms with Crippen LogP contribution in [-0.4, -0.2) is 43.3 Å². The molecule has 0 amide bonds. The van der Waals surface area contributed by atoms with Crippen LogP contribution in [-0.2, 0) is 6.54 Å². The molecule has 0 bridgehead atoms. The van der Waals surface area contributed by atoms with E-state index in [-0.39, 0.29) is 5.75 Å². The number of rotatable bonds is 4. The first-order valence-corrected chi connectivity index (χ1v) is 8.13. The summed E-state index contributed by atoms with van der Waals surface area (Å²) in [6.07, 6.45) is 0. The molecule has 0 aromatic heterocycles. The Kier molecular flexibility index (Phi) is 4.94. The number of ether oxygens (including phenoxy) is 1. The molecule has 122 valence electrons. The Morgan fingerprint density at radius 1 is 1.09 bits per heavy atom. The van der Waals surface area contributed by atoms with Crippen LogP contribution in [0.25, 0.3) is 0 Å². The maximum Gasteiger partial charge on any atom is 0.160 e. The molecule has 0 unspecified atom stereocenters. The first-order valence-electron chi connectivity index (χ1n) is 7.75. The van der Waals surface area contributed by atoms with Gasteiger partial charge in [0.2, 0.25) is 0 Å². The summed E-state index contributed by atoms with van der Waals surface area (Å²) in [6, 6.07) is 13.6. The van der Waals surface area contributed by atoms with Gasteiger partial charge in [-0.3, -0.25) is 4.90 Å². The molecule has 4 nitrogen and oxygen atoms in total. The number of halogens is 1. The third kappa shape index (κ3) is 3.71. The minimum atomic E-state index is 0.194. The standard InChI is InChI=1S/C18H21ClN2O2/c1-23-18-7-6-14(12-17(18)22)13-20-8-10-21(11-9-20)16-5-3-2-4-15(16)19/h2-7,12,22H,8-11,13H2,1H3. The lowest BCUT2D eigenvalue weighted by molar-refractivity contribution is 0.249. The van der Waals surface area contributed by atoms with E-state index in [1.54, 1.807) is 13.2 Å². The van der Waals surface area contributed by atoms with Crippen molar-refractivity contribution in [1.29, 1.82) is 0 Å². The van der Waals surface area contributed by atoms with E-state index in [1.165, 1.54) is 0 Å². The lowest BCUT2D eigenvalue weighted by Gasteiger charge is -2.36. The lowest BCUT2D eigenvalue weighted by Crippen LogP contribution is -2.46. The van der Waals surface area contributed by atoms with Gasteiger partial charge >= 0.3 is 0 Å². The second-order valence-corrected chi connectivity index (χ2v) is 6.13. The number of hydrogen-bond acceptors (Lipinski definition) is 4. The van der Waals surface area contributed by atoms with Crippen molar-refractivity contribution >= 4 is 17.3 Å². The van der Waals surface area contributed by atoms with Gasteiger partial charge in [-0.05, 0) is 29.8 Å². The Morgan fingerprint density at radius 3 is 2.48 bits per heavy atom. The van der Waals surface area contributed by atoms with Crippen molar-refractivity contribution in [3.63, 3.8) is 0 Å². The average Bonchev–Trinajstić information content (AvgIpc) is 2.56. The van der Waals surface area contributed by atoms with Crippen molar-refractivity contribution in [2.75, 3.05) is 38.2 Å². The molecule has 23 heavy (non-hydrogen) atoms. The molecular formula is C18H21ClN2O2. The zero-order chi connectivity index (χ0) is 16.2. The van der Waals surface area contributed by atoms with Crippen LogP contribution in [0.15, 0.2) is 42.5 Å². The van der Waals surface area contributed by atoms with Gasteiger partial charge in [0, 0.05) is 32.7 Å². The number of methoxy groups -OCH3 is 1. The summed E-state index contributed by atoms with van der Waals surface area (Å²) in [6.45, 7) is 4.67. The fourth-order valence-electron chi connectivity index (χ4n) is 2.95. The number of para-hydroxylation sites is 1. The van der Waals surface area contributed by atoms with E-state index in [1.807, 2.05) is 30.3 Å². The first-order chi connectivity index (χ1) is 11.2. The topological polar surface area (TPSA) is 35.9 Å². The van der Waals surface area contributed by atoms with Crippen LogP contribution in [0.2, 0.25) is 5.02 Å². The Balaban J connectivity index is 1.59. The van der Waals surface area contributed by atoms with E-state index in [2.05, 4.69) is 15.9 Å². The van der Waals surface area contributed by atoms with E-state index >= 15 is 0 Å². The normalized spacial score (nSPS) is 15.7. The number of aromatic hydroxyl groups is 1. The molecule has 0 spiro atoms. The number of nitrogens with zero attached hydrogens (tertiary/aromatic N) is 2. The summed E-state index contributed by atoms with van der Waals surface area (Å²) in [5, 5.41) is 10.7. The summed E-state index contributed by atoms with van der Waals surface area (Å²) < 4.78 is 5.08. The van der Waals surface area contributed by atoms with Crippen molar-refractivity contribution in [2.24, 2.45) is 0 Å². The Morgan fingerprint density at radius 2 is 1.83 bits per heavy atom. The predicted octanol–water partition coefficient (Wildman–Crippen LogP) is 3.38. The van der Waals surface area contributed by atoms with Gasteiger partial charge in [0.05, 0.1) is 17.8 Å². The van der Waals surface area contributed by atoms with Crippen LogP contribution in [0, 0.1) is 0 Å². The molecule has 1 aliphatic rings. The van der Waals surface area contributed by atoms with Crippen molar-refractivity contribution in [2.45, 2.75) is 6.54 Å². The molecule has 1 saturated heterocycles. The van der Waals surface area contributed by atoms with Crippen molar-refractivity contribution in [3.05, 3.63) is 53.1 Å². The third-order valence-corrected chi connectivity index (χ3v) is 4.53. The van der Waals surface area contributed by atoms with Crippen LogP contribution in [0.1, 0.15) is 5.56 Å². The number of phenolic OH excluding ortho intramolecular Hbond substituents is 1. The fraction of sp³-hybridized carbons (Fsp3) is 0.333. The van der Waals surface area contributed by atoms with E-state index in [4.69, 9.17) is 16.3 Å². The quantitative estimate of drug-likeness (QED) is 0.931. The summed E-state index contributed by atoms with van der Waals surface area (Å²) >= 11 is 6.27. The molecule has 2 aromatic rings. The van der Waals surface area contributed by atoms with Gasteiger partial charge in [-0.2, -0.15) is 0 Å². The first kappa shape index (κ1) is 16.0. The third-order valence-electron chi connectivity index (χ3n) is 4.21. The maximum atomic E-state index is 9.88. The van der Waals surface area contributed by atoms with Gasteiger partial charge in [0.25, 0.3) is 0 Å². The lowest BCUT2D eigenvalue weighted by atomic mass is 10.1. The number of anilines is 1. The van der Waals surface area contributed by atoms with Crippen molar-refractivity contribution in [3.8, 4) is 11.5 Å². The van der Waals surface area contributed by atoms with Gasteiger partial charge in [-0.1, -0.05) is 29.8 Å². The van der Waals surface area contributed by atoms with Crippen LogP contribution in [0.5, 0.6) is 11.5 Å². The van der Waals surface area contributed by atoms with Crippen LogP contribution in [0.3, 0.4) is 0 Å². The van der Waals surface area contributed by atoms with Crippen LogP contribution in [0.4, 0.5) is 5.69 Å². The highest BCUT2D eigenvalue weighted by atomic mass is 35.5. The van der Waals surface area contributed by atoms with E-state index < -0.39 is 0 Å². The zero-order valence-corrected chi connectivity index (χ0v) is 14.0. The van der Waals surface area contributed by atoms with Gasteiger partial charge in [-0.15, -0.1) is 0 Å². The van der Waals surface area contributed by atoms with Gasteiger partial charge in [0.15, 0.2) is 11.5 Å². The molecule has 1 N–H and O–H groups in total. The molecule has 1 fully saturated rings. The number of piperazine rings is 1. The maximum absolute atomic E-state index is 9.88. The molecule has 0 saturated carbocycles. The second kappa shape index (κ2) is 7.11. The number of hydrogen-bond donors (Lipinski definition) is 1. The number of benzene rings is 2. The molecular weight excluding hydrogens is 312 g/mol. The summed E-state index contributed by atoms with van der Waals surface area (Å²) in [5.74, 6) is 0.706. The molecule has 3 rings (SSSR count). The predicted molar refractivity (Wildman–Crippen MR) is 93.6 cm³/mol. The Hall–Kier alpha value is -1.91. The molecule has 1 heterocycles. The van der Waals surface area contributed by atoms with Gasteiger partial charge in [-0.25, -0.2) is 0 Å².